The van der Waals surface area contributed by atoms with Gasteiger partial charge in [0.25, 0.3) is 0 Å². The van der Waals surface area contributed by atoms with Gasteiger partial charge in [0.1, 0.15) is 6.61 Å². The van der Waals surface area contributed by atoms with E-state index in [2.05, 4.69) is 33.9 Å². The number of amides is 1. The van der Waals surface area contributed by atoms with E-state index in [1.165, 1.54) is 0 Å². The van der Waals surface area contributed by atoms with Crippen LogP contribution in [0, 0.1) is 0 Å². The number of hydrogen-bond acceptors (Lipinski definition) is 4. The number of aliphatic hydroxyl groups excluding tert-OH is 1. The van der Waals surface area contributed by atoms with Crippen molar-refractivity contribution in [3.05, 3.63) is 35.9 Å². The summed E-state index contributed by atoms with van der Waals surface area (Å²) in [5.74, 6) is 0. The molecule has 1 fully saturated rings. The van der Waals surface area contributed by atoms with E-state index in [4.69, 9.17) is 9.16 Å². The molecule has 0 spiro atoms. The van der Waals surface area contributed by atoms with E-state index in [1.54, 1.807) is 4.90 Å². The number of rotatable bonds is 5. The number of carbonyl (C=O) groups excluding carboxylic acids is 1. The molecule has 140 valence electrons. The van der Waals surface area contributed by atoms with Gasteiger partial charge in [0, 0.05) is 6.54 Å². The van der Waals surface area contributed by atoms with Crippen LogP contribution >= 0.6 is 0 Å². The Labute approximate surface area is 152 Å². The van der Waals surface area contributed by atoms with E-state index in [0.717, 1.165) is 5.56 Å². The third kappa shape index (κ3) is 5.06. The summed E-state index contributed by atoms with van der Waals surface area (Å²) in [4.78, 5) is 14.1. The molecule has 1 heterocycles. The van der Waals surface area contributed by atoms with E-state index in [-0.39, 0.29) is 36.5 Å². The predicted octanol–water partition coefficient (Wildman–Crippen LogP) is 3.78. The molecule has 5 nitrogen and oxygen atoms in total. The van der Waals surface area contributed by atoms with E-state index < -0.39 is 8.32 Å². The van der Waals surface area contributed by atoms with E-state index >= 15 is 0 Å². The molecule has 1 amide bonds. The Morgan fingerprint density at radius 3 is 2.48 bits per heavy atom. The highest BCUT2D eigenvalue weighted by Crippen LogP contribution is 2.38. The first-order valence-electron chi connectivity index (χ1n) is 8.90. The first-order chi connectivity index (χ1) is 11.6. The molecule has 0 bridgehead atoms. The van der Waals surface area contributed by atoms with Crippen molar-refractivity contribution in [3.63, 3.8) is 0 Å². The summed E-state index contributed by atoms with van der Waals surface area (Å²) in [7, 11) is -1.91. The van der Waals surface area contributed by atoms with Crippen LogP contribution in [-0.4, -0.2) is 49.7 Å². The smallest absolute Gasteiger partial charge is 0.410 e. The van der Waals surface area contributed by atoms with E-state index in [9.17, 15) is 9.90 Å². The zero-order valence-electron chi connectivity index (χ0n) is 16.0. The Kier molecular flexibility index (Phi) is 6.29. The fourth-order valence-electron chi connectivity index (χ4n) is 2.75. The zero-order valence-corrected chi connectivity index (χ0v) is 17.0. The molecular weight excluding hydrogens is 334 g/mol. The van der Waals surface area contributed by atoms with Crippen molar-refractivity contribution < 1.29 is 19.1 Å². The van der Waals surface area contributed by atoms with Gasteiger partial charge in [-0.05, 0) is 30.1 Å². The van der Waals surface area contributed by atoms with Crippen LogP contribution in [0.15, 0.2) is 30.3 Å². The highest BCUT2D eigenvalue weighted by atomic mass is 28.4. The quantitative estimate of drug-likeness (QED) is 0.807. The minimum absolute atomic E-state index is 0.0395. The maximum Gasteiger partial charge on any atom is 0.410 e. The van der Waals surface area contributed by atoms with Crippen LogP contribution in [0.5, 0.6) is 0 Å². The first kappa shape index (κ1) is 19.9. The number of hydrogen-bond donors (Lipinski definition) is 1. The van der Waals surface area contributed by atoms with Crippen molar-refractivity contribution in [1.29, 1.82) is 0 Å². The second kappa shape index (κ2) is 7.89. The second-order valence-corrected chi connectivity index (χ2v) is 13.0. The molecule has 0 saturated carbocycles. The van der Waals surface area contributed by atoms with Gasteiger partial charge in [-0.3, -0.25) is 0 Å². The molecule has 0 radical (unpaired) electrons. The lowest BCUT2D eigenvalue weighted by molar-refractivity contribution is 0.0775. The molecule has 2 unspecified atom stereocenters. The van der Waals surface area contributed by atoms with Crippen LogP contribution in [0.2, 0.25) is 18.1 Å². The average Bonchev–Trinajstić information content (AvgIpc) is 2.95. The molecule has 6 heteroatoms. The van der Waals surface area contributed by atoms with Crippen molar-refractivity contribution in [2.75, 3.05) is 13.2 Å². The van der Waals surface area contributed by atoms with Gasteiger partial charge in [-0.2, -0.15) is 0 Å². The molecule has 1 aliphatic heterocycles. The maximum absolute atomic E-state index is 12.4. The van der Waals surface area contributed by atoms with Gasteiger partial charge in [-0.15, -0.1) is 0 Å². The van der Waals surface area contributed by atoms with Crippen LogP contribution in [0.1, 0.15) is 32.8 Å². The van der Waals surface area contributed by atoms with Gasteiger partial charge in [0.15, 0.2) is 8.32 Å². The number of ether oxygens (including phenoxy) is 1. The molecule has 1 aromatic rings. The zero-order chi connectivity index (χ0) is 18.7. The lowest BCUT2D eigenvalue weighted by atomic mass is 10.2. The fourth-order valence-corrected chi connectivity index (χ4v) is 4.11. The number of nitrogens with zero attached hydrogens (tertiary/aromatic N) is 1. The van der Waals surface area contributed by atoms with Crippen LogP contribution in [0.4, 0.5) is 4.79 Å². The van der Waals surface area contributed by atoms with Crippen LogP contribution in [0.25, 0.3) is 0 Å². The summed E-state index contributed by atoms with van der Waals surface area (Å²) in [5, 5.41) is 9.77. The molecule has 1 aliphatic rings. The minimum Gasteiger partial charge on any atom is -0.445 e. The van der Waals surface area contributed by atoms with Gasteiger partial charge in [-0.25, -0.2) is 4.79 Å². The maximum atomic E-state index is 12.4. The number of aliphatic hydroxyl groups is 1. The van der Waals surface area contributed by atoms with Gasteiger partial charge in [0.2, 0.25) is 0 Å². The number of carbonyl (C=O) groups is 1. The van der Waals surface area contributed by atoms with Crippen molar-refractivity contribution in [2.24, 2.45) is 0 Å². The van der Waals surface area contributed by atoms with Crippen molar-refractivity contribution in [2.45, 2.75) is 64.1 Å². The molecular formula is C19H31NO4Si. The minimum atomic E-state index is -1.91. The summed E-state index contributed by atoms with van der Waals surface area (Å²) >= 11 is 0. The summed E-state index contributed by atoms with van der Waals surface area (Å²) in [6.07, 6.45) is 0.232. The largest absolute Gasteiger partial charge is 0.445 e. The van der Waals surface area contributed by atoms with E-state index in [0.29, 0.717) is 13.0 Å². The number of likely N-dealkylation sites (tertiary alicyclic amines) is 1. The third-order valence-corrected chi connectivity index (χ3v) is 9.83. The Balaban J connectivity index is 1.95. The normalized spacial score (nSPS) is 21.4. The Hall–Kier alpha value is -1.37. The predicted molar refractivity (Wildman–Crippen MR) is 101 cm³/mol. The van der Waals surface area contributed by atoms with Gasteiger partial charge in [-0.1, -0.05) is 51.1 Å². The number of benzene rings is 1. The van der Waals surface area contributed by atoms with Gasteiger partial charge < -0.3 is 19.2 Å². The van der Waals surface area contributed by atoms with Crippen molar-refractivity contribution in [1.82, 2.24) is 4.90 Å². The van der Waals surface area contributed by atoms with Crippen molar-refractivity contribution >= 4 is 14.4 Å². The van der Waals surface area contributed by atoms with Gasteiger partial charge >= 0.3 is 6.09 Å². The third-order valence-electron chi connectivity index (χ3n) is 5.29. The molecule has 1 saturated heterocycles. The Morgan fingerprint density at radius 1 is 1.28 bits per heavy atom. The Bertz CT molecular complexity index is 571. The SMILES string of the molecule is CC(C)(C)[Si](C)(C)OC1CC(CO)N(C(=O)OCc2ccccc2)C1. The summed E-state index contributed by atoms with van der Waals surface area (Å²) in [6.45, 7) is 11.6. The first-order valence-corrected chi connectivity index (χ1v) is 11.8. The molecule has 1 N–H and O–H groups in total. The highest BCUT2D eigenvalue weighted by Gasteiger charge is 2.43. The summed E-state index contributed by atoms with van der Waals surface area (Å²) in [5.41, 5.74) is 0.949. The van der Waals surface area contributed by atoms with Gasteiger partial charge in [0.05, 0.1) is 18.8 Å². The lowest BCUT2D eigenvalue weighted by Crippen LogP contribution is -2.44. The lowest BCUT2D eigenvalue weighted by Gasteiger charge is -2.38. The molecule has 0 aromatic heterocycles. The molecule has 0 aliphatic carbocycles. The van der Waals surface area contributed by atoms with Crippen LogP contribution in [0.3, 0.4) is 0 Å². The molecule has 2 atom stereocenters. The monoisotopic (exact) mass is 365 g/mol. The second-order valence-electron chi connectivity index (χ2n) is 8.26. The highest BCUT2D eigenvalue weighted by molar-refractivity contribution is 6.74. The molecule has 1 aromatic carbocycles. The van der Waals surface area contributed by atoms with Crippen molar-refractivity contribution in [3.8, 4) is 0 Å². The molecule has 25 heavy (non-hydrogen) atoms. The summed E-state index contributed by atoms with van der Waals surface area (Å²) < 4.78 is 11.8. The topological polar surface area (TPSA) is 59.0 Å². The Morgan fingerprint density at radius 2 is 1.92 bits per heavy atom. The van der Waals surface area contributed by atoms with Crippen LogP contribution in [-0.2, 0) is 15.8 Å². The molecule has 2 rings (SSSR count). The standard InChI is InChI=1S/C19H31NO4Si/c1-19(2,3)25(4,5)24-17-11-16(13-21)20(12-17)18(22)23-14-15-9-7-6-8-10-15/h6-10,16-17,21H,11-14H2,1-5H3. The fraction of sp³-hybridized carbons (Fsp3) is 0.632. The summed E-state index contributed by atoms with van der Waals surface area (Å²) in [6, 6.07) is 9.36. The van der Waals surface area contributed by atoms with E-state index in [1.807, 2.05) is 30.3 Å². The average molecular weight is 366 g/mol. The van der Waals surface area contributed by atoms with Crippen LogP contribution < -0.4 is 0 Å².